The predicted molar refractivity (Wildman–Crippen MR) is 67.0 cm³/mol. The normalized spacial score (nSPS) is 10.3. The number of hydrogen-bond donors (Lipinski definition) is 1. The third-order valence-electron chi connectivity index (χ3n) is 2.50. The van der Waals surface area contributed by atoms with Crippen LogP contribution in [0.4, 0.5) is 0 Å². The smallest absolute Gasteiger partial charge is 0.251 e. The molecule has 94 valence electrons. The molecule has 18 heavy (non-hydrogen) atoms. The molecular weight excluding hydrogens is 230 g/mol. The molecule has 1 aromatic heterocycles. The van der Waals surface area contributed by atoms with Gasteiger partial charge in [-0.05, 0) is 29.8 Å². The molecule has 2 rings (SSSR count). The summed E-state index contributed by atoms with van der Waals surface area (Å²) in [4.78, 5) is 11.9. The Bertz CT molecular complexity index is 506. The van der Waals surface area contributed by atoms with Gasteiger partial charge in [0.1, 0.15) is 5.76 Å². The van der Waals surface area contributed by atoms with Crippen molar-refractivity contribution in [3.63, 3.8) is 0 Å². The third kappa shape index (κ3) is 3.21. The zero-order valence-corrected chi connectivity index (χ0v) is 10.2. The van der Waals surface area contributed by atoms with E-state index in [0.29, 0.717) is 18.7 Å². The summed E-state index contributed by atoms with van der Waals surface area (Å²) >= 11 is 0. The number of rotatable bonds is 5. The topological polar surface area (TPSA) is 51.5 Å². The third-order valence-corrected chi connectivity index (χ3v) is 2.50. The van der Waals surface area contributed by atoms with Gasteiger partial charge in [0.15, 0.2) is 0 Å². The largest absolute Gasteiger partial charge is 0.467 e. The van der Waals surface area contributed by atoms with Crippen molar-refractivity contribution >= 4 is 5.91 Å². The lowest BCUT2D eigenvalue weighted by molar-refractivity contribution is 0.0947. The van der Waals surface area contributed by atoms with Gasteiger partial charge in [0.25, 0.3) is 5.91 Å². The van der Waals surface area contributed by atoms with Gasteiger partial charge in [0, 0.05) is 12.7 Å². The van der Waals surface area contributed by atoms with E-state index in [1.807, 2.05) is 24.3 Å². The molecule has 0 radical (unpaired) electrons. The highest BCUT2D eigenvalue weighted by atomic mass is 16.5. The van der Waals surface area contributed by atoms with Crippen molar-refractivity contribution in [2.45, 2.75) is 13.2 Å². The fraction of sp³-hybridized carbons (Fsp3) is 0.214. The number of amides is 1. The maximum absolute atomic E-state index is 11.9. The average Bonchev–Trinajstić information content (AvgIpc) is 2.90. The number of carbonyl (C=O) groups excluding carboxylic acids is 1. The summed E-state index contributed by atoms with van der Waals surface area (Å²) in [6.07, 6.45) is 1.58. The van der Waals surface area contributed by atoms with Crippen LogP contribution in [0.15, 0.2) is 47.1 Å². The number of benzene rings is 1. The van der Waals surface area contributed by atoms with Crippen LogP contribution in [-0.4, -0.2) is 13.0 Å². The fourth-order valence-corrected chi connectivity index (χ4v) is 1.65. The molecule has 0 atom stereocenters. The second-order valence-electron chi connectivity index (χ2n) is 3.90. The molecule has 1 amide bonds. The molecule has 0 unspecified atom stereocenters. The molecule has 0 aliphatic carbocycles. The van der Waals surface area contributed by atoms with Gasteiger partial charge in [0.05, 0.1) is 19.4 Å². The molecule has 0 bridgehead atoms. The Kier molecular flexibility index (Phi) is 4.15. The van der Waals surface area contributed by atoms with Crippen LogP contribution in [0.1, 0.15) is 21.7 Å². The van der Waals surface area contributed by atoms with Crippen molar-refractivity contribution in [1.82, 2.24) is 5.32 Å². The van der Waals surface area contributed by atoms with Crippen LogP contribution >= 0.6 is 0 Å². The molecule has 4 heteroatoms. The van der Waals surface area contributed by atoms with E-state index in [2.05, 4.69) is 5.32 Å². The van der Waals surface area contributed by atoms with E-state index < -0.39 is 0 Å². The molecule has 0 aliphatic heterocycles. The monoisotopic (exact) mass is 245 g/mol. The Labute approximate surface area is 106 Å². The highest BCUT2D eigenvalue weighted by Crippen LogP contribution is 2.07. The summed E-state index contributed by atoms with van der Waals surface area (Å²) in [7, 11) is 1.63. The molecule has 0 spiro atoms. The lowest BCUT2D eigenvalue weighted by Crippen LogP contribution is -2.22. The maximum atomic E-state index is 11.9. The molecule has 2 aromatic rings. The summed E-state index contributed by atoms with van der Waals surface area (Å²) < 4.78 is 10.2. The van der Waals surface area contributed by atoms with Crippen LogP contribution in [0.3, 0.4) is 0 Å². The second-order valence-corrected chi connectivity index (χ2v) is 3.90. The van der Waals surface area contributed by atoms with Gasteiger partial charge in [-0.3, -0.25) is 4.79 Å². The SMILES string of the molecule is COCc1cccc(C(=O)NCc2ccco2)c1. The number of methoxy groups -OCH3 is 1. The first-order chi connectivity index (χ1) is 8.79. The molecule has 1 heterocycles. The standard InChI is InChI=1S/C14H15NO3/c1-17-10-11-4-2-5-12(8-11)14(16)15-9-13-6-3-7-18-13/h2-8H,9-10H2,1H3,(H,15,16). The fourth-order valence-electron chi connectivity index (χ4n) is 1.65. The van der Waals surface area contributed by atoms with Gasteiger partial charge < -0.3 is 14.5 Å². The van der Waals surface area contributed by atoms with Gasteiger partial charge in [0.2, 0.25) is 0 Å². The average molecular weight is 245 g/mol. The zero-order valence-electron chi connectivity index (χ0n) is 10.2. The number of hydrogen-bond acceptors (Lipinski definition) is 3. The molecular formula is C14H15NO3. The van der Waals surface area contributed by atoms with Crippen molar-refractivity contribution in [2.75, 3.05) is 7.11 Å². The van der Waals surface area contributed by atoms with Crippen LogP contribution in [0.5, 0.6) is 0 Å². The van der Waals surface area contributed by atoms with Crippen LogP contribution in [0, 0.1) is 0 Å². The summed E-state index contributed by atoms with van der Waals surface area (Å²) in [6.45, 7) is 0.889. The minimum absolute atomic E-state index is 0.121. The number of furan rings is 1. The van der Waals surface area contributed by atoms with Crippen LogP contribution in [0.25, 0.3) is 0 Å². The number of nitrogens with one attached hydrogen (secondary N) is 1. The van der Waals surface area contributed by atoms with Crippen molar-refractivity contribution in [3.05, 3.63) is 59.5 Å². The van der Waals surface area contributed by atoms with Gasteiger partial charge >= 0.3 is 0 Å². The predicted octanol–water partition coefficient (Wildman–Crippen LogP) is 2.36. The maximum Gasteiger partial charge on any atom is 0.251 e. The molecule has 1 aromatic carbocycles. The van der Waals surface area contributed by atoms with Crippen molar-refractivity contribution in [3.8, 4) is 0 Å². The summed E-state index contributed by atoms with van der Waals surface area (Å²) in [6, 6.07) is 11.0. The van der Waals surface area contributed by atoms with Gasteiger partial charge in [-0.25, -0.2) is 0 Å². The quantitative estimate of drug-likeness (QED) is 0.879. The highest BCUT2D eigenvalue weighted by Gasteiger charge is 2.06. The van der Waals surface area contributed by atoms with E-state index in [0.717, 1.165) is 11.3 Å². The van der Waals surface area contributed by atoms with E-state index in [9.17, 15) is 4.79 Å². The van der Waals surface area contributed by atoms with Crippen LogP contribution < -0.4 is 5.32 Å². The zero-order chi connectivity index (χ0) is 12.8. The molecule has 0 saturated carbocycles. The van der Waals surface area contributed by atoms with Gasteiger partial charge in [-0.15, -0.1) is 0 Å². The van der Waals surface area contributed by atoms with Crippen molar-refractivity contribution in [1.29, 1.82) is 0 Å². The summed E-state index contributed by atoms with van der Waals surface area (Å²) in [5.74, 6) is 0.612. The molecule has 4 nitrogen and oxygen atoms in total. The van der Waals surface area contributed by atoms with E-state index in [-0.39, 0.29) is 5.91 Å². The van der Waals surface area contributed by atoms with Crippen molar-refractivity contribution < 1.29 is 13.9 Å². The van der Waals surface area contributed by atoms with E-state index in [1.165, 1.54) is 0 Å². The molecule has 0 saturated heterocycles. The Morgan fingerprint density at radius 2 is 2.22 bits per heavy atom. The Balaban J connectivity index is 1.97. The van der Waals surface area contributed by atoms with Crippen LogP contribution in [-0.2, 0) is 17.9 Å². The Morgan fingerprint density at radius 3 is 2.94 bits per heavy atom. The van der Waals surface area contributed by atoms with Gasteiger partial charge in [-0.2, -0.15) is 0 Å². The summed E-state index contributed by atoms with van der Waals surface area (Å²) in [5, 5.41) is 2.80. The van der Waals surface area contributed by atoms with E-state index in [4.69, 9.17) is 9.15 Å². The molecule has 0 fully saturated rings. The first-order valence-corrected chi connectivity index (χ1v) is 5.68. The van der Waals surface area contributed by atoms with Crippen LogP contribution in [0.2, 0.25) is 0 Å². The second kappa shape index (κ2) is 6.02. The molecule has 0 aliphatic rings. The summed E-state index contributed by atoms with van der Waals surface area (Å²) in [5.41, 5.74) is 1.60. The first-order valence-electron chi connectivity index (χ1n) is 5.68. The van der Waals surface area contributed by atoms with Gasteiger partial charge in [-0.1, -0.05) is 12.1 Å². The Hall–Kier alpha value is -2.07. The molecule has 1 N–H and O–H groups in total. The van der Waals surface area contributed by atoms with Crippen molar-refractivity contribution in [2.24, 2.45) is 0 Å². The van der Waals surface area contributed by atoms with E-state index in [1.54, 1.807) is 25.5 Å². The lowest BCUT2D eigenvalue weighted by atomic mass is 10.1. The minimum Gasteiger partial charge on any atom is -0.467 e. The van der Waals surface area contributed by atoms with E-state index >= 15 is 0 Å². The lowest BCUT2D eigenvalue weighted by Gasteiger charge is -2.05. The Morgan fingerprint density at radius 1 is 1.33 bits per heavy atom. The number of ether oxygens (including phenoxy) is 1. The minimum atomic E-state index is -0.121. The first kappa shape index (κ1) is 12.4. The number of carbonyl (C=O) groups is 1. The highest BCUT2D eigenvalue weighted by molar-refractivity contribution is 5.94.